The average Bonchev–Trinajstić information content (AvgIpc) is 3.20. The summed E-state index contributed by atoms with van der Waals surface area (Å²) in [7, 11) is 0. The van der Waals surface area contributed by atoms with Crippen molar-refractivity contribution in [1.82, 2.24) is 24.4 Å². The molecule has 3 heterocycles. The van der Waals surface area contributed by atoms with Gasteiger partial charge in [0, 0.05) is 29.7 Å². The predicted molar refractivity (Wildman–Crippen MR) is 98.7 cm³/mol. The number of benzene rings is 1. The molecule has 0 atom stereocenters. The lowest BCUT2D eigenvalue weighted by Crippen LogP contribution is -2.14. The van der Waals surface area contributed by atoms with Crippen LogP contribution in [0.15, 0.2) is 55.0 Å². The third-order valence-electron chi connectivity index (χ3n) is 3.67. The van der Waals surface area contributed by atoms with Crippen LogP contribution in [0.25, 0.3) is 5.65 Å². The minimum atomic E-state index is -0.450. The first-order valence-electron chi connectivity index (χ1n) is 7.68. The molecule has 1 amide bonds. The molecule has 0 saturated carbocycles. The Labute approximate surface area is 158 Å². The van der Waals surface area contributed by atoms with E-state index in [4.69, 9.17) is 23.2 Å². The molecule has 0 aliphatic heterocycles. The first-order chi connectivity index (χ1) is 12.6. The van der Waals surface area contributed by atoms with Crippen molar-refractivity contribution in [3.63, 3.8) is 0 Å². The fraction of sp³-hybridized carbons (Fsp3) is 0.0588. The van der Waals surface area contributed by atoms with Gasteiger partial charge in [-0.15, -0.1) is 0 Å². The summed E-state index contributed by atoms with van der Waals surface area (Å²) in [5, 5.41) is 12.0. The molecule has 4 aromatic rings. The minimum absolute atomic E-state index is 0.0924. The first-order valence-corrected chi connectivity index (χ1v) is 8.44. The average molecular weight is 387 g/mol. The van der Waals surface area contributed by atoms with Crippen LogP contribution in [0.3, 0.4) is 0 Å². The number of nitrogens with zero attached hydrogens (tertiary/aromatic N) is 5. The van der Waals surface area contributed by atoms with Crippen molar-refractivity contribution in [2.75, 3.05) is 5.32 Å². The topological polar surface area (TPSA) is 77.1 Å². The third kappa shape index (κ3) is 3.26. The molecule has 0 spiro atoms. The number of amides is 1. The SMILES string of the molecule is O=C(Nc1ccn(Cc2cccc(Cl)c2)n1)c1nn2cccnc2c1Cl. The van der Waals surface area contributed by atoms with E-state index in [1.54, 1.807) is 35.4 Å². The third-order valence-corrected chi connectivity index (χ3v) is 4.25. The Balaban J connectivity index is 1.51. The number of carbonyl (C=O) groups excluding carboxylic acids is 1. The van der Waals surface area contributed by atoms with Gasteiger partial charge >= 0.3 is 0 Å². The van der Waals surface area contributed by atoms with Crippen LogP contribution in [0.4, 0.5) is 5.82 Å². The van der Waals surface area contributed by atoms with Gasteiger partial charge in [-0.1, -0.05) is 35.3 Å². The first kappa shape index (κ1) is 16.6. The van der Waals surface area contributed by atoms with E-state index in [1.165, 1.54) is 4.52 Å². The molecule has 0 aliphatic rings. The quantitative estimate of drug-likeness (QED) is 0.581. The highest BCUT2D eigenvalue weighted by molar-refractivity contribution is 6.37. The summed E-state index contributed by atoms with van der Waals surface area (Å²) in [5.41, 5.74) is 1.52. The van der Waals surface area contributed by atoms with E-state index in [-0.39, 0.29) is 10.7 Å². The van der Waals surface area contributed by atoms with Crippen LogP contribution in [0, 0.1) is 0 Å². The van der Waals surface area contributed by atoms with E-state index in [0.717, 1.165) is 5.56 Å². The van der Waals surface area contributed by atoms with E-state index in [2.05, 4.69) is 20.5 Å². The zero-order valence-corrected chi connectivity index (χ0v) is 14.8. The summed E-state index contributed by atoms with van der Waals surface area (Å²) >= 11 is 12.2. The standard InChI is InChI=1S/C17H12Cl2N6O/c18-12-4-1-3-11(9-12)10-24-8-5-13(22-24)21-17(26)15-14(19)16-20-6-2-7-25(16)23-15/h1-9H,10H2,(H,21,22,26). The van der Waals surface area contributed by atoms with Gasteiger partial charge in [-0.05, 0) is 23.8 Å². The second kappa shape index (κ2) is 6.78. The van der Waals surface area contributed by atoms with Gasteiger partial charge in [-0.25, -0.2) is 9.50 Å². The summed E-state index contributed by atoms with van der Waals surface area (Å²) in [5.74, 6) is -0.0494. The Morgan fingerprint density at radius 2 is 2.00 bits per heavy atom. The van der Waals surface area contributed by atoms with Gasteiger partial charge in [-0.2, -0.15) is 10.2 Å². The monoisotopic (exact) mass is 386 g/mol. The lowest BCUT2D eigenvalue weighted by Gasteiger charge is -2.03. The van der Waals surface area contributed by atoms with E-state index >= 15 is 0 Å². The molecular weight excluding hydrogens is 375 g/mol. The van der Waals surface area contributed by atoms with Crippen molar-refractivity contribution in [1.29, 1.82) is 0 Å². The smallest absolute Gasteiger partial charge is 0.279 e. The number of fused-ring (bicyclic) bond motifs is 1. The number of hydrogen-bond acceptors (Lipinski definition) is 4. The van der Waals surface area contributed by atoms with Crippen molar-refractivity contribution >= 4 is 40.6 Å². The minimum Gasteiger partial charge on any atom is -0.304 e. The zero-order chi connectivity index (χ0) is 18.1. The largest absolute Gasteiger partial charge is 0.304 e. The van der Waals surface area contributed by atoms with Gasteiger partial charge in [0.15, 0.2) is 17.2 Å². The molecule has 0 aliphatic carbocycles. The summed E-state index contributed by atoms with van der Waals surface area (Å²) in [4.78, 5) is 16.6. The van der Waals surface area contributed by atoms with E-state index in [0.29, 0.717) is 23.0 Å². The van der Waals surface area contributed by atoms with Crippen molar-refractivity contribution in [2.45, 2.75) is 6.54 Å². The Morgan fingerprint density at radius 3 is 2.81 bits per heavy atom. The van der Waals surface area contributed by atoms with Gasteiger partial charge in [0.25, 0.3) is 5.91 Å². The molecule has 9 heteroatoms. The normalized spacial score (nSPS) is 11.0. The second-order valence-electron chi connectivity index (χ2n) is 5.53. The van der Waals surface area contributed by atoms with Crippen LogP contribution in [-0.4, -0.2) is 30.3 Å². The van der Waals surface area contributed by atoms with Crippen LogP contribution >= 0.6 is 23.2 Å². The molecule has 3 aromatic heterocycles. The molecule has 0 unspecified atom stereocenters. The Bertz CT molecular complexity index is 1100. The summed E-state index contributed by atoms with van der Waals surface area (Å²) < 4.78 is 3.16. The molecule has 0 fully saturated rings. The lowest BCUT2D eigenvalue weighted by molar-refractivity contribution is 0.102. The molecular formula is C17H12Cl2N6O. The predicted octanol–water partition coefficient (Wildman–Crippen LogP) is 3.53. The van der Waals surface area contributed by atoms with Crippen LogP contribution < -0.4 is 5.32 Å². The molecule has 1 aromatic carbocycles. The van der Waals surface area contributed by atoms with Crippen LogP contribution in [-0.2, 0) is 6.54 Å². The number of halogens is 2. The molecule has 26 heavy (non-hydrogen) atoms. The van der Waals surface area contributed by atoms with Crippen molar-refractivity contribution in [2.24, 2.45) is 0 Å². The van der Waals surface area contributed by atoms with Crippen molar-refractivity contribution < 1.29 is 4.79 Å². The number of rotatable bonds is 4. The van der Waals surface area contributed by atoms with Gasteiger partial charge in [0.05, 0.1) is 6.54 Å². The van der Waals surface area contributed by atoms with E-state index in [1.807, 2.05) is 24.3 Å². The molecule has 0 bridgehead atoms. The number of aromatic nitrogens is 5. The van der Waals surface area contributed by atoms with Crippen LogP contribution in [0.1, 0.15) is 16.1 Å². The Morgan fingerprint density at radius 1 is 1.12 bits per heavy atom. The summed E-state index contributed by atoms with van der Waals surface area (Å²) in [6.07, 6.45) is 5.02. The number of nitrogens with one attached hydrogen (secondary N) is 1. The molecule has 4 rings (SSSR count). The maximum absolute atomic E-state index is 12.5. The highest BCUT2D eigenvalue weighted by Gasteiger charge is 2.19. The second-order valence-corrected chi connectivity index (χ2v) is 6.35. The molecule has 0 radical (unpaired) electrons. The van der Waals surface area contributed by atoms with Crippen molar-refractivity contribution in [3.05, 3.63) is 76.3 Å². The highest BCUT2D eigenvalue weighted by atomic mass is 35.5. The van der Waals surface area contributed by atoms with Gasteiger partial charge in [-0.3, -0.25) is 9.48 Å². The number of hydrogen-bond donors (Lipinski definition) is 1. The van der Waals surface area contributed by atoms with Gasteiger partial charge in [0.2, 0.25) is 0 Å². The highest BCUT2D eigenvalue weighted by Crippen LogP contribution is 2.20. The Kier molecular flexibility index (Phi) is 4.32. The molecule has 1 N–H and O–H groups in total. The maximum atomic E-state index is 12.5. The fourth-order valence-corrected chi connectivity index (χ4v) is 2.99. The molecule has 7 nitrogen and oxygen atoms in total. The fourth-order valence-electron chi connectivity index (χ4n) is 2.52. The van der Waals surface area contributed by atoms with Gasteiger partial charge in [0.1, 0.15) is 5.02 Å². The molecule has 0 saturated heterocycles. The van der Waals surface area contributed by atoms with Crippen molar-refractivity contribution in [3.8, 4) is 0 Å². The lowest BCUT2D eigenvalue weighted by atomic mass is 10.2. The van der Waals surface area contributed by atoms with Crippen LogP contribution in [0.5, 0.6) is 0 Å². The van der Waals surface area contributed by atoms with Crippen LogP contribution in [0.2, 0.25) is 10.0 Å². The maximum Gasteiger partial charge on any atom is 0.279 e. The molecule has 130 valence electrons. The summed E-state index contributed by atoms with van der Waals surface area (Å²) in [6.45, 7) is 0.537. The van der Waals surface area contributed by atoms with E-state index in [9.17, 15) is 4.79 Å². The van der Waals surface area contributed by atoms with Gasteiger partial charge < -0.3 is 5.32 Å². The number of anilines is 1. The van der Waals surface area contributed by atoms with E-state index < -0.39 is 5.91 Å². The Hall–Kier alpha value is -2.90. The summed E-state index contributed by atoms with van der Waals surface area (Å²) in [6, 6.07) is 10.9. The zero-order valence-electron chi connectivity index (χ0n) is 13.3. The number of carbonyl (C=O) groups is 1.